The Morgan fingerprint density at radius 3 is 1.33 bits per heavy atom. The molecular weight excluding hydrogens is 649 g/mol. The van der Waals surface area contributed by atoms with Gasteiger partial charge in [0.25, 0.3) is 23.6 Å². The lowest BCUT2D eigenvalue weighted by atomic mass is 10.0. The SMILES string of the molecule is O=C(COc1ccc(CCc2ccc(OCC(=O)NN3C(=O)CSC3c3ccccc3)cc2)cc1)NN1C(=O)CSC1c1ccccc1. The zero-order valence-electron chi connectivity index (χ0n) is 26.0. The third kappa shape index (κ3) is 8.50. The van der Waals surface area contributed by atoms with Crippen LogP contribution in [0.3, 0.4) is 0 Å². The maximum atomic E-state index is 12.6. The van der Waals surface area contributed by atoms with Crippen LogP contribution in [-0.4, -0.2) is 58.4 Å². The van der Waals surface area contributed by atoms with Gasteiger partial charge in [-0.3, -0.25) is 30.0 Å². The molecule has 0 spiro atoms. The zero-order chi connectivity index (χ0) is 33.3. The normalized spacial score (nSPS) is 17.3. The van der Waals surface area contributed by atoms with Crippen LogP contribution < -0.4 is 20.3 Å². The summed E-state index contributed by atoms with van der Waals surface area (Å²) in [6, 6.07) is 34.3. The molecule has 12 heteroatoms. The summed E-state index contributed by atoms with van der Waals surface area (Å²) in [5.74, 6) is 0.626. The first-order valence-corrected chi connectivity index (χ1v) is 17.5. The smallest absolute Gasteiger partial charge is 0.276 e. The molecule has 2 unspecified atom stereocenters. The number of aryl methyl sites for hydroxylation is 2. The van der Waals surface area contributed by atoms with E-state index in [2.05, 4.69) is 10.9 Å². The zero-order valence-corrected chi connectivity index (χ0v) is 27.6. The van der Waals surface area contributed by atoms with Gasteiger partial charge in [-0.25, -0.2) is 10.0 Å². The molecule has 48 heavy (non-hydrogen) atoms. The molecule has 0 aliphatic carbocycles. The van der Waals surface area contributed by atoms with Crippen molar-refractivity contribution in [3.63, 3.8) is 0 Å². The van der Waals surface area contributed by atoms with E-state index >= 15 is 0 Å². The molecule has 10 nitrogen and oxygen atoms in total. The average Bonchev–Trinajstić information content (AvgIpc) is 3.67. The first-order chi connectivity index (χ1) is 23.4. The fraction of sp³-hybridized carbons (Fsp3) is 0.222. The summed E-state index contributed by atoms with van der Waals surface area (Å²) < 4.78 is 11.3. The Balaban J connectivity index is 0.911. The minimum Gasteiger partial charge on any atom is -0.484 e. The Hall–Kier alpha value is -4.94. The van der Waals surface area contributed by atoms with Crippen molar-refractivity contribution in [3.05, 3.63) is 131 Å². The van der Waals surface area contributed by atoms with Crippen LogP contribution in [0.2, 0.25) is 0 Å². The van der Waals surface area contributed by atoms with E-state index in [-0.39, 0.29) is 35.8 Å². The first kappa shape index (κ1) is 33.0. The van der Waals surface area contributed by atoms with E-state index in [0.29, 0.717) is 23.0 Å². The minimum absolute atomic E-state index is 0.149. The first-order valence-electron chi connectivity index (χ1n) is 15.4. The number of hydrogen-bond acceptors (Lipinski definition) is 8. The molecule has 0 bridgehead atoms. The van der Waals surface area contributed by atoms with E-state index < -0.39 is 11.8 Å². The van der Waals surface area contributed by atoms with Crippen LogP contribution in [0, 0.1) is 0 Å². The second-order valence-electron chi connectivity index (χ2n) is 11.1. The van der Waals surface area contributed by atoms with E-state index in [0.717, 1.165) is 35.1 Å². The van der Waals surface area contributed by atoms with Crippen molar-refractivity contribution in [2.24, 2.45) is 0 Å². The van der Waals surface area contributed by atoms with Crippen molar-refractivity contribution in [1.29, 1.82) is 0 Å². The molecule has 6 rings (SSSR count). The van der Waals surface area contributed by atoms with E-state index in [9.17, 15) is 19.2 Å². The Morgan fingerprint density at radius 1 is 0.583 bits per heavy atom. The average molecular weight is 683 g/mol. The number of carbonyl (C=O) groups is 4. The van der Waals surface area contributed by atoms with Crippen LogP contribution in [0.25, 0.3) is 0 Å². The summed E-state index contributed by atoms with van der Waals surface area (Å²) in [7, 11) is 0. The molecule has 246 valence electrons. The van der Waals surface area contributed by atoms with Crippen molar-refractivity contribution >= 4 is 47.2 Å². The lowest BCUT2D eigenvalue weighted by molar-refractivity contribution is -0.140. The maximum absolute atomic E-state index is 12.6. The molecule has 4 aromatic rings. The molecular formula is C36H34N4O6S2. The van der Waals surface area contributed by atoms with Crippen LogP contribution in [0.4, 0.5) is 0 Å². The van der Waals surface area contributed by atoms with Crippen LogP contribution in [0.1, 0.15) is 33.0 Å². The van der Waals surface area contributed by atoms with Gasteiger partial charge in [-0.2, -0.15) is 0 Å². The van der Waals surface area contributed by atoms with Crippen LogP contribution >= 0.6 is 23.5 Å². The second kappa shape index (κ2) is 15.8. The van der Waals surface area contributed by atoms with Gasteiger partial charge in [-0.15, -0.1) is 23.5 Å². The van der Waals surface area contributed by atoms with Crippen molar-refractivity contribution in [1.82, 2.24) is 20.9 Å². The van der Waals surface area contributed by atoms with Gasteiger partial charge in [-0.1, -0.05) is 84.9 Å². The number of rotatable bonds is 13. The number of hydrogen-bond donors (Lipinski definition) is 2. The molecule has 2 saturated heterocycles. The number of hydrazine groups is 2. The summed E-state index contributed by atoms with van der Waals surface area (Å²) in [6.45, 7) is -0.427. The third-order valence-corrected chi connectivity index (χ3v) is 10.1. The van der Waals surface area contributed by atoms with Gasteiger partial charge in [0, 0.05) is 0 Å². The minimum atomic E-state index is -0.401. The molecule has 0 aromatic heterocycles. The fourth-order valence-corrected chi connectivity index (χ4v) is 7.46. The molecule has 2 heterocycles. The Kier molecular flexibility index (Phi) is 10.8. The Bertz CT molecular complexity index is 1600. The third-order valence-electron chi connectivity index (χ3n) is 7.68. The van der Waals surface area contributed by atoms with Crippen molar-refractivity contribution < 1.29 is 28.7 Å². The molecule has 4 aromatic carbocycles. The predicted octanol–water partition coefficient (Wildman–Crippen LogP) is 4.84. The summed E-state index contributed by atoms with van der Waals surface area (Å²) in [5, 5.41) is 2.23. The number of amides is 4. The van der Waals surface area contributed by atoms with E-state index in [1.807, 2.05) is 109 Å². The lowest BCUT2D eigenvalue weighted by Crippen LogP contribution is -2.46. The quantitative estimate of drug-likeness (QED) is 0.206. The number of carbonyl (C=O) groups excluding carboxylic acids is 4. The number of nitrogens with zero attached hydrogens (tertiary/aromatic N) is 2. The highest BCUT2D eigenvalue weighted by atomic mass is 32.2. The Morgan fingerprint density at radius 2 is 0.958 bits per heavy atom. The lowest BCUT2D eigenvalue weighted by Gasteiger charge is -2.24. The van der Waals surface area contributed by atoms with Gasteiger partial charge >= 0.3 is 0 Å². The van der Waals surface area contributed by atoms with Gasteiger partial charge in [0.1, 0.15) is 22.2 Å². The van der Waals surface area contributed by atoms with Gasteiger partial charge in [-0.05, 0) is 59.4 Å². The number of nitrogens with one attached hydrogen (secondary N) is 2. The highest BCUT2D eigenvalue weighted by Crippen LogP contribution is 2.38. The number of ether oxygens (including phenoxy) is 2. The number of benzene rings is 4. The van der Waals surface area contributed by atoms with Crippen molar-refractivity contribution in [2.45, 2.75) is 23.6 Å². The van der Waals surface area contributed by atoms with Gasteiger partial charge in [0.05, 0.1) is 11.5 Å². The summed E-state index contributed by atoms with van der Waals surface area (Å²) in [5.41, 5.74) is 9.50. The maximum Gasteiger partial charge on any atom is 0.276 e. The van der Waals surface area contributed by atoms with Crippen LogP contribution in [-0.2, 0) is 32.0 Å². The van der Waals surface area contributed by atoms with Crippen LogP contribution in [0.5, 0.6) is 11.5 Å². The van der Waals surface area contributed by atoms with E-state index in [4.69, 9.17) is 9.47 Å². The van der Waals surface area contributed by atoms with Crippen molar-refractivity contribution in [3.8, 4) is 11.5 Å². The van der Waals surface area contributed by atoms with Gasteiger partial charge < -0.3 is 9.47 Å². The van der Waals surface area contributed by atoms with Crippen molar-refractivity contribution in [2.75, 3.05) is 24.7 Å². The predicted molar refractivity (Wildman–Crippen MR) is 185 cm³/mol. The summed E-state index contributed by atoms with van der Waals surface area (Å²) in [4.78, 5) is 49.9. The molecule has 2 fully saturated rings. The summed E-state index contributed by atoms with van der Waals surface area (Å²) in [6.07, 6.45) is 1.59. The van der Waals surface area contributed by atoms with Gasteiger partial charge in [0.2, 0.25) is 0 Å². The monoisotopic (exact) mass is 682 g/mol. The molecule has 0 radical (unpaired) electrons. The largest absolute Gasteiger partial charge is 0.484 e. The topological polar surface area (TPSA) is 117 Å². The van der Waals surface area contributed by atoms with E-state index in [1.165, 1.54) is 33.5 Å². The highest BCUT2D eigenvalue weighted by Gasteiger charge is 2.35. The molecule has 0 saturated carbocycles. The molecule has 2 aliphatic heterocycles. The second-order valence-corrected chi connectivity index (χ2v) is 13.2. The summed E-state index contributed by atoms with van der Waals surface area (Å²) >= 11 is 2.94. The fourth-order valence-electron chi connectivity index (χ4n) is 5.24. The molecule has 2 aliphatic rings. The standard InChI is InChI=1S/C36H34N4O6S2/c41-31(37-39-33(43)23-47-35(39)27-7-3-1-4-8-27)21-45-29-17-13-25(14-18-29)11-12-26-15-19-30(20-16-26)46-22-32(42)38-40-34(44)24-48-36(40)28-9-5-2-6-10-28/h1-10,13-20,35-36H,11-12,21-24H2,(H,37,41)(H,38,42). The Labute approximate surface area is 287 Å². The molecule has 2 N–H and O–H groups in total. The van der Waals surface area contributed by atoms with Crippen LogP contribution in [0.15, 0.2) is 109 Å². The van der Waals surface area contributed by atoms with Gasteiger partial charge in [0.15, 0.2) is 13.2 Å². The molecule has 4 amide bonds. The van der Waals surface area contributed by atoms with E-state index in [1.54, 1.807) is 0 Å². The molecule has 2 atom stereocenters. The highest BCUT2D eigenvalue weighted by molar-refractivity contribution is 8.00. The number of thioether (sulfide) groups is 2.